The normalized spacial score (nSPS) is 22.9. The lowest BCUT2D eigenvalue weighted by atomic mass is 10.00. The Morgan fingerprint density at radius 2 is 1.88 bits per heavy atom. The summed E-state index contributed by atoms with van der Waals surface area (Å²) >= 11 is 0. The van der Waals surface area contributed by atoms with Crippen molar-refractivity contribution in [2.24, 2.45) is 0 Å². The summed E-state index contributed by atoms with van der Waals surface area (Å²) in [7, 11) is 0. The highest BCUT2D eigenvalue weighted by Gasteiger charge is 2.41. The third-order valence-electron chi connectivity index (χ3n) is 6.98. The minimum absolute atomic E-state index is 0.00773. The summed E-state index contributed by atoms with van der Waals surface area (Å²) in [6, 6.07) is 17.7. The summed E-state index contributed by atoms with van der Waals surface area (Å²) in [6.45, 7) is 4.97. The van der Waals surface area contributed by atoms with E-state index in [1.165, 1.54) is 18.4 Å². The van der Waals surface area contributed by atoms with Crippen LogP contribution in [0.15, 0.2) is 59.0 Å². The van der Waals surface area contributed by atoms with Crippen molar-refractivity contribution in [3.05, 3.63) is 66.1 Å². The Kier molecular flexibility index (Phi) is 5.55. The number of hydrogen-bond acceptors (Lipinski definition) is 7. The van der Waals surface area contributed by atoms with Crippen LogP contribution in [0, 0.1) is 0 Å². The number of aromatic nitrogens is 2. The van der Waals surface area contributed by atoms with Crippen molar-refractivity contribution in [1.82, 2.24) is 20.0 Å². The molecule has 0 bridgehead atoms. The molecular formula is C26H28N4O4. The van der Waals surface area contributed by atoms with E-state index in [1.807, 2.05) is 42.5 Å². The Morgan fingerprint density at radius 1 is 1.06 bits per heavy atom. The highest BCUT2D eigenvalue weighted by Crippen LogP contribution is 2.35. The van der Waals surface area contributed by atoms with Crippen LogP contribution in [-0.4, -0.2) is 70.4 Å². The van der Waals surface area contributed by atoms with Gasteiger partial charge in [0.15, 0.2) is 0 Å². The number of rotatable bonds is 6. The third-order valence-corrected chi connectivity index (χ3v) is 6.98. The molecule has 6 rings (SSSR count). The molecule has 3 aliphatic heterocycles. The number of carbonyl (C=O) groups is 1. The van der Waals surface area contributed by atoms with E-state index in [-0.39, 0.29) is 23.5 Å². The van der Waals surface area contributed by atoms with Crippen LogP contribution in [0.25, 0.3) is 11.5 Å². The van der Waals surface area contributed by atoms with Crippen LogP contribution in [0.4, 0.5) is 0 Å². The minimum atomic E-state index is -0.264. The van der Waals surface area contributed by atoms with Gasteiger partial charge in [0.2, 0.25) is 5.89 Å². The Balaban J connectivity index is 0.980. The number of nitrogens with zero attached hydrogens (tertiary/aromatic N) is 4. The summed E-state index contributed by atoms with van der Waals surface area (Å²) in [5.41, 5.74) is 2.18. The van der Waals surface area contributed by atoms with Gasteiger partial charge in [-0.25, -0.2) is 0 Å². The van der Waals surface area contributed by atoms with Crippen molar-refractivity contribution in [2.45, 2.75) is 37.5 Å². The van der Waals surface area contributed by atoms with E-state index in [4.69, 9.17) is 13.9 Å². The molecule has 176 valence electrons. The van der Waals surface area contributed by atoms with Gasteiger partial charge in [-0.1, -0.05) is 30.3 Å². The van der Waals surface area contributed by atoms with Crippen molar-refractivity contribution in [2.75, 3.05) is 32.8 Å². The van der Waals surface area contributed by atoms with Gasteiger partial charge in [0.25, 0.3) is 0 Å². The molecule has 0 saturated carbocycles. The summed E-state index contributed by atoms with van der Waals surface area (Å²) in [5.74, 6) is 0.909. The molecule has 34 heavy (non-hydrogen) atoms. The van der Waals surface area contributed by atoms with Crippen molar-refractivity contribution in [3.8, 4) is 17.2 Å². The molecule has 3 aliphatic rings. The lowest BCUT2D eigenvalue weighted by Crippen LogP contribution is -2.56. The Labute approximate surface area is 198 Å². The molecule has 1 atom stereocenters. The van der Waals surface area contributed by atoms with Crippen LogP contribution in [0.5, 0.6) is 5.75 Å². The van der Waals surface area contributed by atoms with E-state index in [0.29, 0.717) is 19.0 Å². The molecule has 1 unspecified atom stereocenters. The van der Waals surface area contributed by atoms with Gasteiger partial charge >= 0.3 is 11.8 Å². The molecule has 0 aliphatic carbocycles. The highest BCUT2D eigenvalue weighted by atomic mass is 16.5. The van der Waals surface area contributed by atoms with E-state index >= 15 is 0 Å². The van der Waals surface area contributed by atoms with Gasteiger partial charge in [0.05, 0.1) is 18.7 Å². The molecule has 1 aromatic heterocycles. The summed E-state index contributed by atoms with van der Waals surface area (Å²) in [5, 5.41) is 7.91. The first kappa shape index (κ1) is 21.3. The second kappa shape index (κ2) is 8.85. The van der Waals surface area contributed by atoms with E-state index in [1.54, 1.807) is 4.90 Å². The molecule has 8 nitrogen and oxygen atoms in total. The molecule has 1 spiro atoms. The Morgan fingerprint density at radius 3 is 2.65 bits per heavy atom. The number of amides is 1. The molecule has 3 saturated heterocycles. The van der Waals surface area contributed by atoms with Crippen molar-refractivity contribution < 1.29 is 18.7 Å². The SMILES string of the molecule is O=C(c1nnc(-c2ccccc2)o1)N1CC(Oc2ccc(CN3CCC4(CCCO4)C3)cc2)C1. The molecule has 4 heterocycles. The van der Waals surface area contributed by atoms with Gasteiger partial charge in [-0.2, -0.15) is 0 Å². The molecule has 2 aromatic carbocycles. The average molecular weight is 461 g/mol. The maximum absolute atomic E-state index is 12.6. The molecule has 0 N–H and O–H groups in total. The second-order valence-electron chi connectivity index (χ2n) is 9.47. The second-order valence-corrected chi connectivity index (χ2v) is 9.47. The first-order valence-electron chi connectivity index (χ1n) is 12.0. The smallest absolute Gasteiger partial charge is 0.311 e. The van der Waals surface area contributed by atoms with Crippen LogP contribution in [0.3, 0.4) is 0 Å². The zero-order chi connectivity index (χ0) is 23.0. The van der Waals surface area contributed by atoms with Crippen molar-refractivity contribution in [3.63, 3.8) is 0 Å². The fraction of sp³-hybridized carbons (Fsp3) is 0.423. The topological polar surface area (TPSA) is 80.9 Å². The predicted octanol–water partition coefficient (Wildman–Crippen LogP) is 3.39. The van der Waals surface area contributed by atoms with Crippen LogP contribution >= 0.6 is 0 Å². The Hall–Kier alpha value is -3.23. The largest absolute Gasteiger partial charge is 0.487 e. The first-order valence-corrected chi connectivity index (χ1v) is 12.0. The van der Waals surface area contributed by atoms with E-state index in [2.05, 4.69) is 27.2 Å². The molecule has 1 amide bonds. The molecule has 3 aromatic rings. The number of ether oxygens (including phenoxy) is 2. The fourth-order valence-corrected chi connectivity index (χ4v) is 5.08. The third kappa shape index (κ3) is 4.31. The van der Waals surface area contributed by atoms with E-state index < -0.39 is 0 Å². The summed E-state index contributed by atoms with van der Waals surface area (Å²) in [4.78, 5) is 16.8. The number of likely N-dealkylation sites (tertiary alicyclic amines) is 2. The van der Waals surface area contributed by atoms with Crippen molar-refractivity contribution >= 4 is 5.91 Å². The number of carbonyl (C=O) groups excluding carboxylic acids is 1. The lowest BCUT2D eigenvalue weighted by Gasteiger charge is -2.38. The van der Waals surface area contributed by atoms with E-state index in [0.717, 1.165) is 44.0 Å². The van der Waals surface area contributed by atoms with Crippen LogP contribution in [0.2, 0.25) is 0 Å². The van der Waals surface area contributed by atoms with Crippen LogP contribution in [0.1, 0.15) is 35.5 Å². The van der Waals surface area contributed by atoms with Gasteiger partial charge in [0, 0.05) is 31.8 Å². The van der Waals surface area contributed by atoms with Crippen LogP contribution in [-0.2, 0) is 11.3 Å². The first-order chi connectivity index (χ1) is 16.7. The van der Waals surface area contributed by atoms with Gasteiger partial charge in [-0.05, 0) is 49.1 Å². The Bertz CT molecular complexity index is 1140. The quantitative estimate of drug-likeness (QED) is 0.558. The fourth-order valence-electron chi connectivity index (χ4n) is 5.08. The molecule has 8 heteroatoms. The maximum Gasteiger partial charge on any atom is 0.311 e. The summed E-state index contributed by atoms with van der Waals surface area (Å²) in [6.07, 6.45) is 3.48. The molecular weight excluding hydrogens is 432 g/mol. The van der Waals surface area contributed by atoms with Gasteiger partial charge in [-0.15, -0.1) is 10.2 Å². The van der Waals surface area contributed by atoms with E-state index in [9.17, 15) is 4.79 Å². The maximum atomic E-state index is 12.6. The monoisotopic (exact) mass is 460 g/mol. The molecule has 0 radical (unpaired) electrons. The number of benzene rings is 2. The van der Waals surface area contributed by atoms with Gasteiger partial charge < -0.3 is 18.8 Å². The number of hydrogen-bond donors (Lipinski definition) is 0. The summed E-state index contributed by atoms with van der Waals surface area (Å²) < 4.78 is 17.6. The zero-order valence-electron chi connectivity index (χ0n) is 19.1. The van der Waals surface area contributed by atoms with Crippen LogP contribution < -0.4 is 4.74 Å². The standard InChI is InChI=1S/C26H28N4O4/c31-25(24-28-27-23(34-24)20-5-2-1-3-6-20)30-16-22(17-30)33-21-9-7-19(8-10-21)15-29-13-12-26(18-29)11-4-14-32-26/h1-3,5-10,22H,4,11-18H2. The lowest BCUT2D eigenvalue weighted by molar-refractivity contribution is 0.0122. The minimum Gasteiger partial charge on any atom is -0.487 e. The molecule has 3 fully saturated rings. The highest BCUT2D eigenvalue weighted by molar-refractivity contribution is 5.90. The predicted molar refractivity (Wildman–Crippen MR) is 124 cm³/mol. The zero-order valence-corrected chi connectivity index (χ0v) is 19.1. The average Bonchev–Trinajstić information content (AvgIpc) is 3.60. The van der Waals surface area contributed by atoms with Gasteiger partial charge in [-0.3, -0.25) is 9.69 Å². The van der Waals surface area contributed by atoms with Crippen molar-refractivity contribution in [1.29, 1.82) is 0 Å². The van der Waals surface area contributed by atoms with Gasteiger partial charge in [0.1, 0.15) is 11.9 Å².